The summed E-state index contributed by atoms with van der Waals surface area (Å²) in [5, 5.41) is 2.86. The van der Waals surface area contributed by atoms with Gasteiger partial charge in [-0.2, -0.15) is 13.2 Å². The van der Waals surface area contributed by atoms with E-state index in [9.17, 15) is 26.4 Å². The maximum Gasteiger partial charge on any atom is 0.416 e. The number of piperazine rings is 1. The highest BCUT2D eigenvalue weighted by Crippen LogP contribution is 2.31. The number of carbonyl (C=O) groups excluding carboxylic acids is 1. The monoisotopic (exact) mass is 533 g/mol. The van der Waals surface area contributed by atoms with E-state index in [0.29, 0.717) is 26.2 Å². The van der Waals surface area contributed by atoms with E-state index in [1.165, 1.54) is 30.5 Å². The fourth-order valence-corrected chi connectivity index (χ4v) is 5.02. The number of rotatable bonds is 7. The fraction of sp³-hybridized carbons (Fsp3) is 0.280. The summed E-state index contributed by atoms with van der Waals surface area (Å²) in [4.78, 5) is 20.7. The SMILES string of the molecule is CC(Nc1cccc(C(F)(F)F)c1)C(=O)N1CCN(c2ccc(S(=O)(=O)Nc3ccccn3)cc2)CC1. The van der Waals surface area contributed by atoms with Crippen molar-refractivity contribution in [3.05, 3.63) is 78.5 Å². The van der Waals surface area contributed by atoms with Gasteiger partial charge in [-0.1, -0.05) is 12.1 Å². The summed E-state index contributed by atoms with van der Waals surface area (Å²) < 4.78 is 66.5. The van der Waals surface area contributed by atoms with Crippen LogP contribution in [0.3, 0.4) is 0 Å². The molecule has 1 saturated heterocycles. The second-order valence-electron chi connectivity index (χ2n) is 8.57. The number of hydrogen-bond donors (Lipinski definition) is 2. The van der Waals surface area contributed by atoms with Crippen LogP contribution in [0.1, 0.15) is 12.5 Å². The van der Waals surface area contributed by atoms with E-state index in [1.807, 2.05) is 4.90 Å². The molecular formula is C25H26F3N5O3S. The first kappa shape index (κ1) is 26.3. The van der Waals surface area contributed by atoms with Gasteiger partial charge in [-0.05, 0) is 61.5 Å². The van der Waals surface area contributed by atoms with Crippen LogP contribution < -0.4 is 14.9 Å². The molecule has 2 aromatic carbocycles. The van der Waals surface area contributed by atoms with E-state index in [4.69, 9.17) is 0 Å². The third-order valence-corrected chi connectivity index (χ3v) is 7.32. The summed E-state index contributed by atoms with van der Waals surface area (Å²) in [6, 6.07) is 15.4. The first-order valence-corrected chi connectivity index (χ1v) is 13.0. The van der Waals surface area contributed by atoms with Gasteiger partial charge >= 0.3 is 6.18 Å². The van der Waals surface area contributed by atoms with Crippen LogP contribution >= 0.6 is 0 Å². The number of amides is 1. The fourth-order valence-electron chi connectivity index (χ4n) is 4.01. The minimum atomic E-state index is -4.46. The largest absolute Gasteiger partial charge is 0.416 e. The Kier molecular flexibility index (Phi) is 7.58. The molecule has 4 rings (SSSR count). The number of alkyl halides is 3. The molecule has 12 heteroatoms. The Balaban J connectivity index is 1.32. The van der Waals surface area contributed by atoms with Crippen molar-refractivity contribution in [1.82, 2.24) is 9.88 Å². The van der Waals surface area contributed by atoms with Crippen molar-refractivity contribution in [2.75, 3.05) is 41.1 Å². The quantitative estimate of drug-likeness (QED) is 0.476. The number of benzene rings is 2. The van der Waals surface area contributed by atoms with Crippen molar-refractivity contribution in [2.24, 2.45) is 0 Å². The molecule has 2 N–H and O–H groups in total. The molecule has 1 aromatic heterocycles. The van der Waals surface area contributed by atoms with E-state index < -0.39 is 27.8 Å². The van der Waals surface area contributed by atoms with Gasteiger partial charge in [-0.3, -0.25) is 9.52 Å². The van der Waals surface area contributed by atoms with E-state index in [-0.39, 0.29) is 22.3 Å². The summed E-state index contributed by atoms with van der Waals surface area (Å²) in [6.45, 7) is 3.52. The van der Waals surface area contributed by atoms with Crippen molar-refractivity contribution in [3.63, 3.8) is 0 Å². The van der Waals surface area contributed by atoms with Crippen LogP contribution in [0.25, 0.3) is 0 Å². The van der Waals surface area contributed by atoms with Gasteiger partial charge in [0.15, 0.2) is 0 Å². The zero-order valence-corrected chi connectivity index (χ0v) is 20.8. The Morgan fingerprint density at radius 2 is 1.68 bits per heavy atom. The number of carbonyl (C=O) groups is 1. The normalized spacial score (nSPS) is 15.2. The smallest absolute Gasteiger partial charge is 0.374 e. The van der Waals surface area contributed by atoms with Crippen LogP contribution in [0, 0.1) is 0 Å². The molecule has 2 heterocycles. The van der Waals surface area contributed by atoms with Gasteiger partial charge < -0.3 is 15.1 Å². The molecule has 196 valence electrons. The van der Waals surface area contributed by atoms with Crippen LogP contribution in [0.15, 0.2) is 77.8 Å². The number of sulfonamides is 1. The van der Waals surface area contributed by atoms with Crippen molar-refractivity contribution in [2.45, 2.75) is 24.0 Å². The average molecular weight is 534 g/mol. The third-order valence-electron chi connectivity index (χ3n) is 5.95. The van der Waals surface area contributed by atoms with Gasteiger partial charge in [0.25, 0.3) is 10.0 Å². The Morgan fingerprint density at radius 1 is 0.973 bits per heavy atom. The second kappa shape index (κ2) is 10.7. The zero-order chi connectivity index (χ0) is 26.6. The predicted molar refractivity (Wildman–Crippen MR) is 135 cm³/mol. The third kappa shape index (κ3) is 6.50. The lowest BCUT2D eigenvalue weighted by Crippen LogP contribution is -2.52. The van der Waals surface area contributed by atoms with Crippen molar-refractivity contribution >= 4 is 33.1 Å². The van der Waals surface area contributed by atoms with Gasteiger partial charge in [0.2, 0.25) is 5.91 Å². The predicted octanol–water partition coefficient (Wildman–Crippen LogP) is 4.05. The standard InChI is InChI=1S/C25H26F3N5O3S/c1-18(30-20-6-4-5-19(17-20)25(26,27)28)24(34)33-15-13-32(14-16-33)21-8-10-22(11-9-21)37(35,36)31-23-7-2-3-12-29-23/h2-12,17-18,30H,13-16H2,1H3,(H,29,31). The topological polar surface area (TPSA) is 94.6 Å². The number of pyridine rings is 1. The lowest BCUT2D eigenvalue weighted by molar-refractivity contribution is -0.137. The van der Waals surface area contributed by atoms with Gasteiger partial charge in [0.1, 0.15) is 11.9 Å². The van der Waals surface area contributed by atoms with Crippen LogP contribution in [0.4, 0.5) is 30.4 Å². The molecule has 0 bridgehead atoms. The Morgan fingerprint density at radius 3 is 2.30 bits per heavy atom. The molecule has 37 heavy (non-hydrogen) atoms. The summed E-state index contributed by atoms with van der Waals surface area (Å²) in [5.74, 6) is 0.0169. The van der Waals surface area contributed by atoms with E-state index in [1.54, 1.807) is 42.2 Å². The molecule has 1 aliphatic rings. The van der Waals surface area contributed by atoms with Gasteiger partial charge in [-0.25, -0.2) is 13.4 Å². The summed E-state index contributed by atoms with van der Waals surface area (Å²) >= 11 is 0. The number of nitrogens with one attached hydrogen (secondary N) is 2. The first-order chi connectivity index (χ1) is 17.5. The van der Waals surface area contributed by atoms with E-state index in [2.05, 4.69) is 15.0 Å². The zero-order valence-electron chi connectivity index (χ0n) is 19.9. The molecule has 0 saturated carbocycles. The molecule has 1 amide bonds. The van der Waals surface area contributed by atoms with Gasteiger partial charge in [0.05, 0.1) is 10.5 Å². The molecule has 0 aliphatic carbocycles. The Bertz CT molecular complexity index is 1330. The summed E-state index contributed by atoms with van der Waals surface area (Å²) in [7, 11) is -3.78. The van der Waals surface area contributed by atoms with E-state index in [0.717, 1.165) is 17.8 Å². The number of anilines is 3. The lowest BCUT2D eigenvalue weighted by atomic mass is 10.1. The molecule has 1 aliphatic heterocycles. The molecular weight excluding hydrogens is 507 g/mol. The molecule has 1 unspecified atom stereocenters. The van der Waals surface area contributed by atoms with Crippen molar-refractivity contribution in [1.29, 1.82) is 0 Å². The molecule has 0 radical (unpaired) electrons. The highest BCUT2D eigenvalue weighted by atomic mass is 32.2. The maximum atomic E-state index is 13.0. The molecule has 0 spiro atoms. The maximum absolute atomic E-state index is 13.0. The number of nitrogens with zero attached hydrogens (tertiary/aromatic N) is 3. The highest BCUT2D eigenvalue weighted by Gasteiger charge is 2.31. The van der Waals surface area contributed by atoms with Gasteiger partial charge in [0, 0.05) is 43.8 Å². The second-order valence-corrected chi connectivity index (χ2v) is 10.3. The Labute approximate surface area is 213 Å². The molecule has 8 nitrogen and oxygen atoms in total. The van der Waals surface area contributed by atoms with Crippen molar-refractivity contribution in [3.8, 4) is 0 Å². The highest BCUT2D eigenvalue weighted by molar-refractivity contribution is 7.92. The minimum Gasteiger partial charge on any atom is -0.374 e. The average Bonchev–Trinajstić information content (AvgIpc) is 2.88. The van der Waals surface area contributed by atoms with Crippen LogP contribution in [0.5, 0.6) is 0 Å². The van der Waals surface area contributed by atoms with Crippen LogP contribution in [0.2, 0.25) is 0 Å². The Hall–Kier alpha value is -3.80. The van der Waals surface area contributed by atoms with Crippen molar-refractivity contribution < 1.29 is 26.4 Å². The first-order valence-electron chi connectivity index (χ1n) is 11.5. The summed E-state index contributed by atoms with van der Waals surface area (Å²) in [6.07, 6.45) is -2.97. The lowest BCUT2D eigenvalue weighted by Gasteiger charge is -2.37. The molecule has 1 atom stereocenters. The molecule has 3 aromatic rings. The molecule has 1 fully saturated rings. The van der Waals surface area contributed by atoms with E-state index >= 15 is 0 Å². The van der Waals surface area contributed by atoms with Crippen LogP contribution in [-0.4, -0.2) is 56.4 Å². The number of halogens is 3. The summed E-state index contributed by atoms with van der Waals surface area (Å²) in [5.41, 5.74) is 0.262. The number of hydrogen-bond acceptors (Lipinski definition) is 6. The number of aromatic nitrogens is 1. The van der Waals surface area contributed by atoms with Gasteiger partial charge in [-0.15, -0.1) is 0 Å². The van der Waals surface area contributed by atoms with Crippen LogP contribution in [-0.2, 0) is 21.0 Å². The minimum absolute atomic E-state index is 0.102.